The van der Waals surface area contributed by atoms with Crippen molar-refractivity contribution in [3.63, 3.8) is 0 Å². The maximum Gasteiger partial charge on any atom is 0.280 e. The molecule has 24 heavy (non-hydrogen) atoms. The number of Topliss-reactive ketones (excluding diaryl/α,β-unsaturated/α-hetero) is 1. The molecule has 0 spiro atoms. The van der Waals surface area contributed by atoms with Crippen LogP contribution in [0.3, 0.4) is 0 Å². The normalized spacial score (nSPS) is 13.3. The van der Waals surface area contributed by atoms with Crippen LogP contribution in [0.4, 0.5) is 0 Å². The summed E-state index contributed by atoms with van der Waals surface area (Å²) in [6, 6.07) is 13.0. The Morgan fingerprint density at radius 2 is 1.92 bits per heavy atom. The zero-order valence-electron chi connectivity index (χ0n) is 13.3. The van der Waals surface area contributed by atoms with Crippen molar-refractivity contribution >= 4 is 16.7 Å². The van der Waals surface area contributed by atoms with Crippen LogP contribution in [0.2, 0.25) is 0 Å². The number of rotatable bonds is 3. The van der Waals surface area contributed by atoms with E-state index in [1.807, 2.05) is 28.8 Å². The van der Waals surface area contributed by atoms with E-state index in [9.17, 15) is 9.59 Å². The number of hydrogen-bond donors (Lipinski definition) is 0. The van der Waals surface area contributed by atoms with Gasteiger partial charge in [0, 0.05) is 24.9 Å². The summed E-state index contributed by atoms with van der Waals surface area (Å²) in [5.41, 5.74) is 2.10. The van der Waals surface area contributed by atoms with Gasteiger partial charge < -0.3 is 9.30 Å². The largest absolute Gasteiger partial charge is 0.497 e. The fourth-order valence-corrected chi connectivity index (χ4v) is 3.25. The van der Waals surface area contributed by atoms with E-state index >= 15 is 0 Å². The van der Waals surface area contributed by atoms with E-state index in [2.05, 4.69) is 4.98 Å². The zero-order chi connectivity index (χ0) is 16.7. The number of carbonyl (C=O) groups excluding carboxylic acids is 1. The average Bonchev–Trinajstić information content (AvgIpc) is 2.61. The summed E-state index contributed by atoms with van der Waals surface area (Å²) in [6.45, 7) is 0.561. The van der Waals surface area contributed by atoms with Crippen LogP contribution in [0.1, 0.15) is 28.2 Å². The number of benzene rings is 2. The number of ether oxygens (including phenoxy) is 1. The van der Waals surface area contributed by atoms with Crippen LogP contribution in [0.25, 0.3) is 10.9 Å². The van der Waals surface area contributed by atoms with Gasteiger partial charge in [0.25, 0.3) is 5.56 Å². The Hall–Kier alpha value is -2.95. The number of ketones is 1. The first-order valence-corrected chi connectivity index (χ1v) is 7.86. The van der Waals surface area contributed by atoms with Gasteiger partial charge in [-0.15, -0.1) is 0 Å². The molecule has 2 aromatic carbocycles. The van der Waals surface area contributed by atoms with Gasteiger partial charge in [0.2, 0.25) is 0 Å². The molecule has 0 aliphatic carbocycles. The second kappa shape index (κ2) is 5.60. The predicted octanol–water partition coefficient (Wildman–Crippen LogP) is 2.58. The Kier molecular flexibility index (Phi) is 3.41. The maximum absolute atomic E-state index is 12.4. The van der Waals surface area contributed by atoms with Crippen LogP contribution in [0.15, 0.2) is 47.3 Å². The van der Waals surface area contributed by atoms with Crippen molar-refractivity contribution in [2.24, 2.45) is 0 Å². The molecule has 0 atom stereocenters. The number of methoxy groups -OCH3 is 1. The lowest BCUT2D eigenvalue weighted by atomic mass is 10.00. The minimum absolute atomic E-state index is 0.0848. The van der Waals surface area contributed by atoms with Crippen molar-refractivity contribution in [1.82, 2.24) is 9.55 Å². The van der Waals surface area contributed by atoms with Crippen LogP contribution in [-0.4, -0.2) is 22.4 Å². The Labute approximate surface area is 138 Å². The number of nitrogens with zero attached hydrogens (tertiary/aromatic N) is 2. The Morgan fingerprint density at radius 3 is 2.67 bits per heavy atom. The second-order valence-electron chi connectivity index (χ2n) is 5.88. The molecule has 5 heteroatoms. The van der Waals surface area contributed by atoms with Crippen molar-refractivity contribution in [3.8, 4) is 5.75 Å². The van der Waals surface area contributed by atoms with Gasteiger partial charge in [-0.1, -0.05) is 18.2 Å². The van der Waals surface area contributed by atoms with Crippen molar-refractivity contribution in [1.29, 1.82) is 0 Å². The summed E-state index contributed by atoms with van der Waals surface area (Å²) >= 11 is 0. The molecule has 120 valence electrons. The molecule has 4 rings (SSSR count). The first-order chi connectivity index (χ1) is 11.7. The number of aryl methyl sites for hydroxylation is 1. The molecule has 5 nitrogen and oxygen atoms in total. The number of aromatic nitrogens is 2. The van der Waals surface area contributed by atoms with Gasteiger partial charge in [-0.25, -0.2) is 0 Å². The first-order valence-electron chi connectivity index (χ1n) is 7.86. The van der Waals surface area contributed by atoms with Crippen LogP contribution >= 0.6 is 0 Å². The topological polar surface area (TPSA) is 61.2 Å². The molecule has 1 aromatic heterocycles. The minimum Gasteiger partial charge on any atom is -0.497 e. The average molecular weight is 320 g/mol. The summed E-state index contributed by atoms with van der Waals surface area (Å²) in [5, 5.41) is 0.513. The van der Waals surface area contributed by atoms with Crippen LogP contribution in [0, 0.1) is 0 Å². The van der Waals surface area contributed by atoms with E-state index in [1.165, 1.54) is 0 Å². The molecule has 0 fully saturated rings. The molecule has 2 heterocycles. The van der Waals surface area contributed by atoms with Gasteiger partial charge >= 0.3 is 0 Å². The van der Waals surface area contributed by atoms with Gasteiger partial charge in [0.15, 0.2) is 5.78 Å². The lowest BCUT2D eigenvalue weighted by Gasteiger charge is -2.21. The van der Waals surface area contributed by atoms with E-state index in [1.54, 1.807) is 25.3 Å². The fraction of sp³-hybridized carbons (Fsp3) is 0.211. The summed E-state index contributed by atoms with van der Waals surface area (Å²) in [4.78, 5) is 28.8. The Morgan fingerprint density at radius 1 is 1.12 bits per heavy atom. The second-order valence-corrected chi connectivity index (χ2v) is 5.88. The van der Waals surface area contributed by atoms with Crippen molar-refractivity contribution in [3.05, 3.63) is 69.8 Å². The summed E-state index contributed by atoms with van der Waals surface area (Å²) < 4.78 is 7.18. The molecule has 3 aromatic rings. The summed E-state index contributed by atoms with van der Waals surface area (Å²) in [6.07, 6.45) is 0.976. The smallest absolute Gasteiger partial charge is 0.280 e. The molecule has 0 N–H and O–H groups in total. The van der Waals surface area contributed by atoms with Gasteiger partial charge in [0.1, 0.15) is 11.6 Å². The van der Waals surface area contributed by atoms with Crippen molar-refractivity contribution in [2.75, 3.05) is 7.11 Å². The van der Waals surface area contributed by atoms with Crippen LogP contribution in [-0.2, 0) is 13.0 Å². The Balaban J connectivity index is 1.87. The van der Waals surface area contributed by atoms with Crippen molar-refractivity contribution < 1.29 is 9.53 Å². The van der Waals surface area contributed by atoms with E-state index in [-0.39, 0.29) is 11.3 Å². The quantitative estimate of drug-likeness (QED) is 0.744. The SMILES string of the molecule is COc1ccc(Cc2nc(=O)c3cccc4c3n2CCC4=O)cc1. The number of para-hydroxylation sites is 1. The molecular formula is C19H16N2O3. The highest BCUT2D eigenvalue weighted by Gasteiger charge is 2.22. The molecule has 0 unspecified atom stereocenters. The van der Waals surface area contributed by atoms with Crippen LogP contribution in [0.5, 0.6) is 5.75 Å². The van der Waals surface area contributed by atoms with Crippen molar-refractivity contribution in [2.45, 2.75) is 19.4 Å². The van der Waals surface area contributed by atoms with Crippen LogP contribution < -0.4 is 10.3 Å². The molecular weight excluding hydrogens is 304 g/mol. The molecule has 1 aliphatic rings. The van der Waals surface area contributed by atoms with E-state index in [0.717, 1.165) is 16.8 Å². The molecule has 0 amide bonds. The lowest BCUT2D eigenvalue weighted by molar-refractivity contribution is 0.0972. The number of carbonyl (C=O) groups is 1. The maximum atomic E-state index is 12.4. The standard InChI is InChI=1S/C19H16N2O3/c1-24-13-7-5-12(6-8-13)11-17-20-19(23)15-4-2-3-14-16(22)9-10-21(17)18(14)15/h2-8H,9-11H2,1H3. The monoisotopic (exact) mass is 320 g/mol. The molecule has 0 saturated carbocycles. The van der Waals surface area contributed by atoms with Gasteiger partial charge in [-0.05, 0) is 29.8 Å². The van der Waals surface area contributed by atoms with Gasteiger partial charge in [-0.3, -0.25) is 9.59 Å². The summed E-state index contributed by atoms with van der Waals surface area (Å²) in [7, 11) is 1.63. The highest BCUT2D eigenvalue weighted by atomic mass is 16.5. The third-order valence-corrected chi connectivity index (χ3v) is 4.46. The molecule has 1 aliphatic heterocycles. The van der Waals surface area contributed by atoms with E-state index in [0.29, 0.717) is 36.2 Å². The molecule has 0 saturated heterocycles. The third kappa shape index (κ3) is 2.29. The lowest BCUT2D eigenvalue weighted by Crippen LogP contribution is -2.25. The zero-order valence-corrected chi connectivity index (χ0v) is 13.3. The number of hydrogen-bond acceptors (Lipinski definition) is 4. The first kappa shape index (κ1) is 14.6. The minimum atomic E-state index is -0.277. The fourth-order valence-electron chi connectivity index (χ4n) is 3.25. The van der Waals surface area contributed by atoms with E-state index in [4.69, 9.17) is 4.74 Å². The molecule has 0 radical (unpaired) electrons. The predicted molar refractivity (Wildman–Crippen MR) is 90.8 cm³/mol. The van der Waals surface area contributed by atoms with Gasteiger partial charge in [-0.2, -0.15) is 4.98 Å². The third-order valence-electron chi connectivity index (χ3n) is 4.46. The molecule has 0 bridgehead atoms. The van der Waals surface area contributed by atoms with Gasteiger partial charge in [0.05, 0.1) is 18.0 Å². The highest BCUT2D eigenvalue weighted by molar-refractivity contribution is 6.07. The highest BCUT2D eigenvalue weighted by Crippen LogP contribution is 2.25. The van der Waals surface area contributed by atoms with E-state index < -0.39 is 0 Å². The Bertz CT molecular complexity index is 1000. The summed E-state index contributed by atoms with van der Waals surface area (Å²) in [5.74, 6) is 1.57.